The van der Waals surface area contributed by atoms with Gasteiger partial charge in [0.25, 0.3) is 0 Å². The van der Waals surface area contributed by atoms with Crippen LogP contribution in [0.2, 0.25) is 0 Å². The van der Waals surface area contributed by atoms with Gasteiger partial charge in [-0.3, -0.25) is 0 Å². The standard InChI is InChI=1S/C8H8.C2H6Si/c1-2-8-6-4-3-5-7-8;1-2-3/h2-7H,1H2;2H,1H2,3H3. The average molecular weight is 162 g/mol. The third kappa shape index (κ3) is 5.37. The molecule has 0 aromatic heterocycles. The summed E-state index contributed by atoms with van der Waals surface area (Å²) in [4.78, 5) is 0. The van der Waals surface area contributed by atoms with E-state index in [4.69, 9.17) is 0 Å². The summed E-state index contributed by atoms with van der Waals surface area (Å²) in [5.74, 6) is 0. The Balaban J connectivity index is 0.000000292. The summed E-state index contributed by atoms with van der Waals surface area (Å²) in [6, 6.07) is 10.0. The molecular weight excluding hydrogens is 148 g/mol. The van der Waals surface area contributed by atoms with Crippen LogP contribution in [0.25, 0.3) is 6.08 Å². The summed E-state index contributed by atoms with van der Waals surface area (Å²) in [6.07, 6.45) is 1.83. The van der Waals surface area contributed by atoms with Gasteiger partial charge in [-0.15, -0.1) is 12.3 Å². The largest absolute Gasteiger partial charge is 0.112 e. The minimum atomic E-state index is 1.13. The van der Waals surface area contributed by atoms with Crippen molar-refractivity contribution in [3.8, 4) is 0 Å². The quantitative estimate of drug-likeness (QED) is 0.553. The molecule has 0 saturated carbocycles. The SMILES string of the molecule is C=C[SiH3].C=Cc1ccccc1. The Morgan fingerprint density at radius 3 is 1.82 bits per heavy atom. The maximum absolute atomic E-state index is 3.63. The number of hydrogen-bond acceptors (Lipinski definition) is 0. The van der Waals surface area contributed by atoms with Gasteiger partial charge >= 0.3 is 0 Å². The molecule has 0 aliphatic heterocycles. The van der Waals surface area contributed by atoms with Gasteiger partial charge in [0.15, 0.2) is 0 Å². The molecule has 0 nitrogen and oxygen atoms in total. The van der Waals surface area contributed by atoms with E-state index in [1.54, 1.807) is 0 Å². The molecule has 0 amide bonds. The highest BCUT2D eigenvalue weighted by Gasteiger charge is 1.75. The predicted molar refractivity (Wildman–Crippen MR) is 56.7 cm³/mol. The summed E-state index contributed by atoms with van der Waals surface area (Å²) in [5, 5.41) is 0. The number of benzene rings is 1. The summed E-state index contributed by atoms with van der Waals surface area (Å²) in [5.41, 5.74) is 3.06. The highest BCUT2D eigenvalue weighted by Crippen LogP contribution is 1.97. The maximum Gasteiger partial charge on any atom is 0.0283 e. The van der Waals surface area contributed by atoms with Crippen LogP contribution in [-0.2, 0) is 0 Å². The molecule has 1 heteroatoms. The van der Waals surface area contributed by atoms with Crippen molar-refractivity contribution in [2.24, 2.45) is 0 Å². The molecule has 0 radical (unpaired) electrons. The Hall–Kier alpha value is -1.08. The van der Waals surface area contributed by atoms with Crippen molar-refractivity contribution in [1.82, 2.24) is 0 Å². The van der Waals surface area contributed by atoms with E-state index in [1.165, 1.54) is 5.56 Å². The molecule has 58 valence electrons. The van der Waals surface area contributed by atoms with Crippen LogP contribution in [0.5, 0.6) is 0 Å². The van der Waals surface area contributed by atoms with Gasteiger partial charge in [0.1, 0.15) is 0 Å². The first-order valence-electron chi connectivity index (χ1n) is 3.59. The van der Waals surface area contributed by atoms with Crippen LogP contribution in [0.4, 0.5) is 0 Å². The molecule has 0 aliphatic rings. The third-order valence-corrected chi connectivity index (χ3v) is 1.04. The van der Waals surface area contributed by atoms with Crippen LogP contribution in [0.1, 0.15) is 5.56 Å². The maximum atomic E-state index is 3.63. The van der Waals surface area contributed by atoms with Crippen LogP contribution < -0.4 is 0 Å². The Morgan fingerprint density at radius 2 is 1.55 bits per heavy atom. The fourth-order valence-electron chi connectivity index (χ4n) is 0.589. The molecule has 11 heavy (non-hydrogen) atoms. The van der Waals surface area contributed by atoms with E-state index >= 15 is 0 Å². The number of hydrogen-bond donors (Lipinski definition) is 0. The van der Waals surface area contributed by atoms with Crippen LogP contribution >= 0.6 is 0 Å². The lowest BCUT2D eigenvalue weighted by Crippen LogP contribution is -1.63. The van der Waals surface area contributed by atoms with Crippen molar-refractivity contribution in [3.05, 3.63) is 54.8 Å². The van der Waals surface area contributed by atoms with Crippen molar-refractivity contribution in [3.63, 3.8) is 0 Å². The molecule has 0 bridgehead atoms. The fourth-order valence-corrected chi connectivity index (χ4v) is 0.589. The van der Waals surface area contributed by atoms with Crippen LogP contribution in [0, 0.1) is 0 Å². The minimum Gasteiger partial charge on any atom is -0.112 e. The lowest BCUT2D eigenvalue weighted by molar-refractivity contribution is 1.67. The Morgan fingerprint density at radius 1 is 1.09 bits per heavy atom. The molecule has 0 saturated heterocycles. The molecule has 0 fully saturated rings. The van der Waals surface area contributed by atoms with Crippen LogP contribution in [0.15, 0.2) is 49.2 Å². The highest BCUT2D eigenvalue weighted by molar-refractivity contribution is 6.16. The molecule has 1 aromatic carbocycles. The van der Waals surface area contributed by atoms with E-state index in [0.29, 0.717) is 0 Å². The van der Waals surface area contributed by atoms with E-state index in [0.717, 1.165) is 10.2 Å². The second kappa shape index (κ2) is 7.03. The lowest BCUT2D eigenvalue weighted by atomic mass is 10.2. The van der Waals surface area contributed by atoms with Gasteiger partial charge in [0.2, 0.25) is 0 Å². The van der Waals surface area contributed by atoms with E-state index in [1.807, 2.05) is 42.1 Å². The van der Waals surface area contributed by atoms with Crippen LogP contribution in [-0.4, -0.2) is 10.2 Å². The van der Waals surface area contributed by atoms with Crippen molar-refractivity contribution < 1.29 is 0 Å². The summed E-state index contributed by atoms with van der Waals surface area (Å²) in [7, 11) is 1.13. The first-order valence-corrected chi connectivity index (χ1v) is 4.75. The second-order valence-electron chi connectivity index (χ2n) is 2.02. The van der Waals surface area contributed by atoms with Crippen molar-refractivity contribution in [1.29, 1.82) is 0 Å². The smallest absolute Gasteiger partial charge is 0.0283 e. The van der Waals surface area contributed by atoms with Crippen molar-refractivity contribution in [2.45, 2.75) is 0 Å². The first kappa shape index (κ1) is 9.92. The van der Waals surface area contributed by atoms with E-state index in [-0.39, 0.29) is 0 Å². The lowest BCUT2D eigenvalue weighted by Gasteiger charge is -1.85. The summed E-state index contributed by atoms with van der Waals surface area (Å²) in [6.45, 7) is 7.05. The normalized spacial score (nSPS) is 7.64. The van der Waals surface area contributed by atoms with Gasteiger partial charge < -0.3 is 0 Å². The van der Waals surface area contributed by atoms with E-state index in [9.17, 15) is 0 Å². The Kier molecular flexibility index (Phi) is 6.34. The van der Waals surface area contributed by atoms with E-state index in [2.05, 4.69) is 13.2 Å². The third-order valence-electron chi connectivity index (χ3n) is 1.04. The molecule has 0 aliphatic carbocycles. The van der Waals surface area contributed by atoms with E-state index < -0.39 is 0 Å². The Bertz CT molecular complexity index is 201. The zero-order valence-electron chi connectivity index (χ0n) is 6.96. The zero-order valence-corrected chi connectivity index (χ0v) is 8.96. The molecule has 0 heterocycles. The molecular formula is C10H14Si. The van der Waals surface area contributed by atoms with Gasteiger partial charge in [-0.05, 0) is 5.56 Å². The molecule has 0 unspecified atom stereocenters. The first-order chi connectivity index (χ1) is 5.35. The molecule has 0 spiro atoms. The van der Waals surface area contributed by atoms with Crippen molar-refractivity contribution >= 4 is 16.3 Å². The molecule has 1 aromatic rings. The summed E-state index contributed by atoms with van der Waals surface area (Å²) < 4.78 is 0. The molecule has 0 atom stereocenters. The fraction of sp³-hybridized carbons (Fsp3) is 0. The summed E-state index contributed by atoms with van der Waals surface area (Å²) >= 11 is 0. The van der Waals surface area contributed by atoms with Gasteiger partial charge in [-0.1, -0.05) is 43.0 Å². The van der Waals surface area contributed by atoms with Gasteiger partial charge in [-0.2, -0.15) is 0 Å². The highest BCUT2D eigenvalue weighted by atomic mass is 28.1. The zero-order chi connectivity index (χ0) is 8.53. The second-order valence-corrected chi connectivity index (χ2v) is 2.84. The topological polar surface area (TPSA) is 0 Å². The van der Waals surface area contributed by atoms with Gasteiger partial charge in [0, 0.05) is 10.2 Å². The van der Waals surface area contributed by atoms with Crippen LogP contribution in [0.3, 0.4) is 0 Å². The predicted octanol–water partition coefficient (Wildman–Crippen LogP) is 1.82. The molecule has 0 N–H and O–H groups in total. The Labute approximate surface area is 71.7 Å². The molecule has 1 rings (SSSR count). The van der Waals surface area contributed by atoms with Gasteiger partial charge in [0.05, 0.1) is 0 Å². The average Bonchev–Trinajstić information content (AvgIpc) is 2.08. The minimum absolute atomic E-state index is 1.13. The number of rotatable bonds is 1. The van der Waals surface area contributed by atoms with Crippen molar-refractivity contribution in [2.75, 3.05) is 0 Å². The monoisotopic (exact) mass is 162 g/mol. The van der Waals surface area contributed by atoms with Gasteiger partial charge in [-0.25, -0.2) is 0 Å².